The van der Waals surface area contributed by atoms with E-state index in [4.69, 9.17) is 9.17 Å². The van der Waals surface area contributed by atoms with E-state index in [1.165, 1.54) is 17.0 Å². The standard InChI is InChI=1S/C41H44N8O5S/c1-27-9-7-12-31-30(27)11-8-14-37(31)55(52,53)54-36-25-28(39(50)49-19-17-29(18-20-49)48-23-21-45(2)22-24-48)15-16-33(36)43-41-42-26-35-38(44-41)46(3)34-13-6-5-10-32(34)40(51)47(35)4/h5-16,25-26,29H,17-24H2,1-4H3,(H,42,43,44). The van der Waals surface area contributed by atoms with Crippen LogP contribution in [0.25, 0.3) is 10.8 Å². The van der Waals surface area contributed by atoms with Gasteiger partial charge in [-0.25, -0.2) is 4.98 Å². The van der Waals surface area contributed by atoms with E-state index in [1.807, 2.05) is 60.2 Å². The quantitative estimate of drug-likeness (QED) is 0.206. The zero-order valence-electron chi connectivity index (χ0n) is 31.4. The molecule has 0 saturated carbocycles. The van der Waals surface area contributed by atoms with Crippen LogP contribution in [0.2, 0.25) is 0 Å². The van der Waals surface area contributed by atoms with Crippen molar-refractivity contribution < 1.29 is 22.2 Å². The van der Waals surface area contributed by atoms with Crippen molar-refractivity contribution >= 4 is 61.5 Å². The predicted octanol–water partition coefficient (Wildman–Crippen LogP) is 5.66. The van der Waals surface area contributed by atoms with Crippen LogP contribution in [0.15, 0.2) is 90.0 Å². The molecular weight excluding hydrogens is 717 g/mol. The number of piperazine rings is 1. The summed E-state index contributed by atoms with van der Waals surface area (Å²) in [4.78, 5) is 46.7. The van der Waals surface area contributed by atoms with Gasteiger partial charge in [0.1, 0.15) is 10.6 Å². The highest BCUT2D eigenvalue weighted by molar-refractivity contribution is 7.87. The molecule has 0 unspecified atom stereocenters. The molecule has 5 aromatic rings. The van der Waals surface area contributed by atoms with E-state index in [1.54, 1.807) is 43.6 Å². The number of carbonyl (C=O) groups is 2. The van der Waals surface area contributed by atoms with E-state index in [0.29, 0.717) is 52.8 Å². The number of carbonyl (C=O) groups excluding carboxylic acids is 2. The Bertz CT molecular complexity index is 2410. The molecule has 55 heavy (non-hydrogen) atoms. The summed E-state index contributed by atoms with van der Waals surface area (Å²) in [6.07, 6.45) is 3.30. The van der Waals surface area contributed by atoms with Crippen molar-refractivity contribution in [2.45, 2.75) is 30.7 Å². The maximum absolute atomic E-state index is 14.1. The summed E-state index contributed by atoms with van der Waals surface area (Å²) in [5.74, 6) is 0.136. The minimum atomic E-state index is -4.40. The summed E-state index contributed by atoms with van der Waals surface area (Å²) in [7, 11) is 1.23. The van der Waals surface area contributed by atoms with Crippen molar-refractivity contribution in [2.24, 2.45) is 0 Å². The molecule has 2 amide bonds. The minimum absolute atomic E-state index is 0.0108. The molecule has 4 heterocycles. The maximum Gasteiger partial charge on any atom is 0.339 e. The Balaban J connectivity index is 1.12. The number of piperidine rings is 1. The number of amides is 2. The van der Waals surface area contributed by atoms with Crippen LogP contribution in [0.5, 0.6) is 5.75 Å². The molecule has 1 aromatic heterocycles. The zero-order chi connectivity index (χ0) is 38.4. The second-order valence-electron chi connectivity index (χ2n) is 14.5. The van der Waals surface area contributed by atoms with E-state index >= 15 is 0 Å². The lowest BCUT2D eigenvalue weighted by atomic mass is 10.0. The van der Waals surface area contributed by atoms with Gasteiger partial charge in [0.25, 0.3) is 11.8 Å². The molecule has 284 valence electrons. The van der Waals surface area contributed by atoms with Gasteiger partial charge < -0.3 is 29.1 Å². The molecule has 13 nitrogen and oxygen atoms in total. The first-order chi connectivity index (χ1) is 26.5. The van der Waals surface area contributed by atoms with Gasteiger partial charge in [0.15, 0.2) is 11.6 Å². The summed E-state index contributed by atoms with van der Waals surface area (Å²) < 4.78 is 34.3. The fraction of sp³-hybridized carbons (Fsp3) is 0.317. The number of hydrogen-bond donors (Lipinski definition) is 1. The lowest BCUT2D eigenvalue weighted by Gasteiger charge is -2.42. The Kier molecular flexibility index (Phi) is 9.65. The molecular formula is C41H44N8O5S. The molecule has 3 aliphatic rings. The van der Waals surface area contributed by atoms with Gasteiger partial charge in [0.05, 0.1) is 23.1 Å². The largest absolute Gasteiger partial charge is 0.377 e. The molecule has 2 fully saturated rings. The van der Waals surface area contributed by atoms with Crippen molar-refractivity contribution in [3.05, 3.63) is 102 Å². The van der Waals surface area contributed by atoms with Gasteiger partial charge in [-0.1, -0.05) is 42.5 Å². The van der Waals surface area contributed by atoms with Gasteiger partial charge in [-0.3, -0.25) is 14.5 Å². The van der Waals surface area contributed by atoms with Gasteiger partial charge in [-0.2, -0.15) is 13.4 Å². The number of hydrogen-bond acceptors (Lipinski definition) is 11. The topological polar surface area (TPSA) is 132 Å². The van der Waals surface area contributed by atoms with Gasteiger partial charge in [0, 0.05) is 70.4 Å². The number of nitrogens with zero attached hydrogens (tertiary/aromatic N) is 7. The highest BCUT2D eigenvalue weighted by Gasteiger charge is 2.31. The van der Waals surface area contributed by atoms with E-state index in [2.05, 4.69) is 27.1 Å². The van der Waals surface area contributed by atoms with E-state index in [-0.39, 0.29) is 34.1 Å². The second-order valence-corrected chi connectivity index (χ2v) is 16.0. The third-order valence-electron chi connectivity index (χ3n) is 11.1. The van der Waals surface area contributed by atoms with Gasteiger partial charge in [-0.15, -0.1) is 0 Å². The monoisotopic (exact) mass is 760 g/mol. The third kappa shape index (κ3) is 6.97. The van der Waals surface area contributed by atoms with Crippen molar-refractivity contribution in [2.75, 3.05) is 75.5 Å². The number of anilines is 5. The number of rotatable bonds is 7. The SMILES string of the molecule is Cc1cccc2c(S(=O)(=O)Oc3cc(C(=O)N4CCC(N5CCN(C)CC5)CC4)ccc3Nc3ncc4c(n3)N(C)c3ccccc3C(=O)N4C)cccc12. The summed E-state index contributed by atoms with van der Waals surface area (Å²) in [5.41, 5.74) is 3.18. The van der Waals surface area contributed by atoms with Crippen molar-refractivity contribution in [3.8, 4) is 5.75 Å². The molecule has 2 saturated heterocycles. The van der Waals surface area contributed by atoms with Crippen LogP contribution in [-0.4, -0.2) is 111 Å². The number of nitrogens with one attached hydrogen (secondary N) is 1. The van der Waals surface area contributed by atoms with Crippen LogP contribution in [0, 0.1) is 6.92 Å². The van der Waals surface area contributed by atoms with Crippen LogP contribution in [-0.2, 0) is 10.1 Å². The fourth-order valence-electron chi connectivity index (χ4n) is 7.83. The van der Waals surface area contributed by atoms with Crippen LogP contribution in [0.3, 0.4) is 0 Å². The van der Waals surface area contributed by atoms with E-state index in [9.17, 15) is 18.0 Å². The first-order valence-electron chi connectivity index (χ1n) is 18.5. The van der Waals surface area contributed by atoms with Crippen molar-refractivity contribution in [1.82, 2.24) is 24.7 Å². The first kappa shape index (κ1) is 36.4. The molecule has 8 rings (SSSR count). The second kappa shape index (κ2) is 14.6. The average molecular weight is 761 g/mol. The fourth-order valence-corrected chi connectivity index (χ4v) is 8.99. The Labute approximate surface area is 321 Å². The highest BCUT2D eigenvalue weighted by atomic mass is 32.2. The van der Waals surface area contributed by atoms with Crippen LogP contribution in [0.1, 0.15) is 39.1 Å². The molecule has 0 radical (unpaired) electrons. The smallest absolute Gasteiger partial charge is 0.339 e. The van der Waals surface area contributed by atoms with Gasteiger partial charge in [0.2, 0.25) is 5.95 Å². The Morgan fingerprint density at radius 2 is 1.55 bits per heavy atom. The number of benzene rings is 4. The summed E-state index contributed by atoms with van der Waals surface area (Å²) >= 11 is 0. The Morgan fingerprint density at radius 1 is 0.818 bits per heavy atom. The lowest BCUT2D eigenvalue weighted by molar-refractivity contribution is 0.0518. The molecule has 4 aromatic carbocycles. The molecule has 0 bridgehead atoms. The van der Waals surface area contributed by atoms with Crippen LogP contribution < -0.4 is 19.3 Å². The molecule has 1 N–H and O–H groups in total. The molecule has 0 spiro atoms. The summed E-state index contributed by atoms with van der Waals surface area (Å²) in [6.45, 7) is 7.28. The van der Waals surface area contributed by atoms with E-state index < -0.39 is 10.1 Å². The van der Waals surface area contributed by atoms with Crippen molar-refractivity contribution in [1.29, 1.82) is 0 Å². The molecule has 0 aliphatic carbocycles. The first-order valence-corrected chi connectivity index (χ1v) is 19.9. The summed E-state index contributed by atoms with van der Waals surface area (Å²) in [5, 5.41) is 4.47. The maximum atomic E-state index is 14.1. The van der Waals surface area contributed by atoms with E-state index in [0.717, 1.165) is 50.0 Å². The van der Waals surface area contributed by atoms with Crippen LogP contribution >= 0.6 is 0 Å². The van der Waals surface area contributed by atoms with Crippen molar-refractivity contribution in [3.63, 3.8) is 0 Å². The zero-order valence-corrected chi connectivity index (χ0v) is 32.2. The Hall–Kier alpha value is -5.57. The normalized spacial score (nSPS) is 17.2. The highest BCUT2D eigenvalue weighted by Crippen LogP contribution is 2.39. The Morgan fingerprint density at radius 3 is 2.33 bits per heavy atom. The predicted molar refractivity (Wildman–Crippen MR) is 213 cm³/mol. The molecule has 14 heteroatoms. The number of likely N-dealkylation sites (N-methyl/N-ethyl adjacent to an activating group) is 1. The number of aromatic nitrogens is 2. The minimum Gasteiger partial charge on any atom is -0.377 e. The molecule has 3 aliphatic heterocycles. The van der Waals surface area contributed by atoms with Gasteiger partial charge in [-0.05, 0) is 74.2 Å². The number of aryl methyl sites for hydroxylation is 1. The van der Waals surface area contributed by atoms with Crippen LogP contribution in [0.4, 0.5) is 28.8 Å². The average Bonchev–Trinajstić information content (AvgIpc) is 3.27. The summed E-state index contributed by atoms with van der Waals surface area (Å²) in [6, 6.07) is 23.0. The lowest BCUT2D eigenvalue weighted by Crippen LogP contribution is -2.52. The molecule has 0 atom stereocenters. The number of likely N-dealkylation sites (tertiary alicyclic amines) is 1. The van der Waals surface area contributed by atoms with Gasteiger partial charge >= 0.3 is 10.1 Å². The third-order valence-corrected chi connectivity index (χ3v) is 12.4. The number of para-hydroxylation sites is 1. The number of fused-ring (bicyclic) bond motifs is 3.